The van der Waals surface area contributed by atoms with E-state index in [2.05, 4.69) is 15.4 Å². The van der Waals surface area contributed by atoms with Crippen molar-refractivity contribution in [3.63, 3.8) is 0 Å². The summed E-state index contributed by atoms with van der Waals surface area (Å²) in [5.74, 6) is 0.217. The third-order valence-corrected chi connectivity index (χ3v) is 4.95. The zero-order valence-electron chi connectivity index (χ0n) is 19.1. The van der Waals surface area contributed by atoms with Gasteiger partial charge in [-0.05, 0) is 47.5 Å². The number of aliphatic hydroxyl groups excluding tert-OH is 1. The van der Waals surface area contributed by atoms with Crippen LogP contribution in [0.25, 0.3) is 11.1 Å². The zero-order valence-corrected chi connectivity index (χ0v) is 19.1. The quantitative estimate of drug-likeness (QED) is 0.389. The Kier molecular flexibility index (Phi) is 8.43. The predicted octanol–water partition coefficient (Wildman–Crippen LogP) is 4.47. The van der Waals surface area contributed by atoms with Crippen LogP contribution in [0.3, 0.4) is 0 Å². The summed E-state index contributed by atoms with van der Waals surface area (Å²) in [6, 6.07) is 17.4. The Hall–Kier alpha value is -3.92. The molecule has 3 aromatic carbocycles. The van der Waals surface area contributed by atoms with Crippen LogP contribution in [0.5, 0.6) is 17.2 Å². The molecule has 0 spiro atoms. The van der Waals surface area contributed by atoms with Gasteiger partial charge in [0.25, 0.3) is 5.91 Å². The third-order valence-electron chi connectivity index (χ3n) is 4.95. The molecule has 0 aliphatic carbocycles. The van der Waals surface area contributed by atoms with Crippen molar-refractivity contribution in [2.45, 2.75) is 12.5 Å². The summed E-state index contributed by atoms with van der Waals surface area (Å²) in [4.78, 5) is 12.8. The summed E-state index contributed by atoms with van der Waals surface area (Å²) in [6.07, 6.45) is -5.75. The van der Waals surface area contributed by atoms with E-state index in [1.165, 1.54) is 31.4 Å². The van der Waals surface area contributed by atoms with Crippen molar-refractivity contribution < 1.29 is 37.3 Å². The molecule has 1 unspecified atom stereocenters. The van der Waals surface area contributed by atoms with Crippen molar-refractivity contribution in [2.75, 3.05) is 32.6 Å². The number of benzene rings is 3. The highest BCUT2D eigenvalue weighted by Gasteiger charge is 2.31. The van der Waals surface area contributed by atoms with E-state index >= 15 is 0 Å². The molecule has 0 bridgehead atoms. The molecule has 0 aromatic heterocycles. The molecular formula is C25H25F3N2O5. The van der Waals surface area contributed by atoms with Gasteiger partial charge in [-0.25, -0.2) is 0 Å². The van der Waals surface area contributed by atoms with Gasteiger partial charge in [-0.1, -0.05) is 30.3 Å². The minimum atomic E-state index is -4.77. The van der Waals surface area contributed by atoms with E-state index in [1.54, 1.807) is 49.5 Å². The molecule has 1 atom stereocenters. The normalized spacial score (nSPS) is 11.9. The van der Waals surface area contributed by atoms with Crippen LogP contribution in [0.4, 0.5) is 18.9 Å². The van der Waals surface area contributed by atoms with E-state index in [0.29, 0.717) is 33.9 Å². The second-order valence-corrected chi connectivity index (χ2v) is 7.41. The maximum absolute atomic E-state index is 12.8. The minimum absolute atomic E-state index is 0.0636. The highest BCUT2D eigenvalue weighted by molar-refractivity contribution is 6.01. The fraction of sp³-hybridized carbons (Fsp3) is 0.240. The van der Waals surface area contributed by atoms with Gasteiger partial charge in [0, 0.05) is 19.3 Å². The molecule has 0 aliphatic heterocycles. The average Bonchev–Trinajstić information content (AvgIpc) is 2.85. The van der Waals surface area contributed by atoms with Gasteiger partial charge < -0.3 is 30.0 Å². The number of para-hydroxylation sites is 2. The van der Waals surface area contributed by atoms with E-state index in [0.717, 1.165) is 0 Å². The van der Waals surface area contributed by atoms with Crippen LogP contribution in [0, 0.1) is 0 Å². The van der Waals surface area contributed by atoms with Crippen LogP contribution in [-0.4, -0.2) is 50.8 Å². The van der Waals surface area contributed by atoms with Gasteiger partial charge in [0.15, 0.2) is 11.5 Å². The lowest BCUT2D eigenvalue weighted by molar-refractivity contribution is -0.274. The highest BCUT2D eigenvalue weighted by Crippen LogP contribution is 2.29. The molecule has 0 saturated carbocycles. The molecule has 1 amide bonds. The molecule has 3 rings (SSSR count). The van der Waals surface area contributed by atoms with Gasteiger partial charge in [-0.2, -0.15) is 0 Å². The van der Waals surface area contributed by atoms with Gasteiger partial charge in [-0.15, -0.1) is 13.2 Å². The molecule has 3 N–H and O–H groups in total. The lowest BCUT2D eigenvalue weighted by Gasteiger charge is -2.16. The molecule has 0 saturated heterocycles. The van der Waals surface area contributed by atoms with Gasteiger partial charge >= 0.3 is 6.36 Å². The second kappa shape index (κ2) is 11.5. The Morgan fingerprint density at radius 1 is 1.00 bits per heavy atom. The molecule has 7 nitrogen and oxygen atoms in total. The number of alkyl halides is 3. The van der Waals surface area contributed by atoms with E-state index in [1.807, 2.05) is 0 Å². The SMILES string of the molecule is CNc1ccc(-c2ccc(OC(F)(F)F)cc2)cc1C(=O)NCC(O)COc1ccccc1OC. The first kappa shape index (κ1) is 25.7. The third kappa shape index (κ3) is 7.28. The zero-order chi connectivity index (χ0) is 25.4. The lowest BCUT2D eigenvalue weighted by Crippen LogP contribution is -2.35. The van der Waals surface area contributed by atoms with Crippen LogP contribution in [0.15, 0.2) is 66.7 Å². The number of aliphatic hydroxyl groups is 1. The Balaban J connectivity index is 1.65. The van der Waals surface area contributed by atoms with Crippen LogP contribution < -0.4 is 24.8 Å². The standard InChI is InChI=1S/C25H25F3N2O5/c1-29-21-12-9-17(16-7-10-19(11-8-16)35-25(26,27)28)13-20(21)24(32)30-14-18(31)15-34-23-6-4-3-5-22(23)33-2/h3-13,18,29,31H,14-15H2,1-2H3,(H,30,32). The van der Waals surface area contributed by atoms with Crippen LogP contribution in [0.2, 0.25) is 0 Å². The number of amides is 1. The first-order valence-corrected chi connectivity index (χ1v) is 10.6. The molecule has 0 heterocycles. The van der Waals surface area contributed by atoms with Gasteiger partial charge in [0.1, 0.15) is 18.5 Å². The topological polar surface area (TPSA) is 89.1 Å². The number of hydrogen-bond acceptors (Lipinski definition) is 6. The number of ether oxygens (including phenoxy) is 3. The summed E-state index contributed by atoms with van der Waals surface area (Å²) >= 11 is 0. The van der Waals surface area contributed by atoms with E-state index in [9.17, 15) is 23.1 Å². The summed E-state index contributed by atoms with van der Waals surface area (Å²) in [6.45, 7) is -0.128. The number of methoxy groups -OCH3 is 1. The van der Waals surface area contributed by atoms with Crippen LogP contribution in [-0.2, 0) is 0 Å². The minimum Gasteiger partial charge on any atom is -0.493 e. The second-order valence-electron chi connectivity index (χ2n) is 7.41. The van der Waals surface area contributed by atoms with E-state index < -0.39 is 18.4 Å². The predicted molar refractivity (Wildman–Crippen MR) is 125 cm³/mol. The number of carbonyl (C=O) groups is 1. The monoisotopic (exact) mass is 490 g/mol. The fourth-order valence-corrected chi connectivity index (χ4v) is 3.27. The van der Waals surface area contributed by atoms with Crippen molar-refractivity contribution in [3.8, 4) is 28.4 Å². The van der Waals surface area contributed by atoms with Crippen molar-refractivity contribution in [2.24, 2.45) is 0 Å². The molecule has 0 radical (unpaired) electrons. The number of carbonyl (C=O) groups excluding carboxylic acids is 1. The molecule has 0 fully saturated rings. The number of anilines is 1. The van der Waals surface area contributed by atoms with E-state index in [4.69, 9.17) is 9.47 Å². The van der Waals surface area contributed by atoms with Gasteiger partial charge in [0.2, 0.25) is 0 Å². The Morgan fingerprint density at radius 2 is 1.66 bits per heavy atom. The summed E-state index contributed by atoms with van der Waals surface area (Å²) in [5.41, 5.74) is 2.07. The number of halogens is 3. The molecule has 10 heteroatoms. The molecule has 186 valence electrons. The Morgan fingerprint density at radius 3 is 2.29 bits per heavy atom. The summed E-state index contributed by atoms with van der Waals surface area (Å²) in [5, 5.41) is 15.8. The molecule has 0 aliphatic rings. The smallest absolute Gasteiger partial charge is 0.493 e. The van der Waals surface area contributed by atoms with Gasteiger partial charge in [0.05, 0.1) is 12.7 Å². The van der Waals surface area contributed by atoms with Crippen molar-refractivity contribution in [3.05, 3.63) is 72.3 Å². The molecule has 35 heavy (non-hydrogen) atoms. The average molecular weight is 490 g/mol. The molecular weight excluding hydrogens is 465 g/mol. The first-order chi connectivity index (χ1) is 16.7. The van der Waals surface area contributed by atoms with Crippen LogP contribution in [0.1, 0.15) is 10.4 Å². The van der Waals surface area contributed by atoms with Crippen molar-refractivity contribution in [1.82, 2.24) is 5.32 Å². The summed E-state index contributed by atoms with van der Waals surface area (Å²) in [7, 11) is 3.17. The number of hydrogen-bond donors (Lipinski definition) is 3. The van der Waals surface area contributed by atoms with Crippen molar-refractivity contribution in [1.29, 1.82) is 0 Å². The molecule has 3 aromatic rings. The highest BCUT2D eigenvalue weighted by atomic mass is 19.4. The van der Waals surface area contributed by atoms with Crippen molar-refractivity contribution >= 4 is 11.6 Å². The number of rotatable bonds is 10. The van der Waals surface area contributed by atoms with E-state index in [-0.39, 0.29) is 18.9 Å². The number of nitrogens with one attached hydrogen (secondary N) is 2. The first-order valence-electron chi connectivity index (χ1n) is 10.6. The maximum Gasteiger partial charge on any atom is 0.573 e. The Bertz CT molecular complexity index is 1140. The Labute approximate surface area is 200 Å². The largest absolute Gasteiger partial charge is 0.573 e. The lowest BCUT2D eigenvalue weighted by atomic mass is 10.0. The summed E-state index contributed by atoms with van der Waals surface area (Å²) < 4.78 is 51.8. The fourth-order valence-electron chi connectivity index (χ4n) is 3.27. The van der Waals surface area contributed by atoms with Crippen LogP contribution >= 0.6 is 0 Å². The van der Waals surface area contributed by atoms with Gasteiger partial charge in [-0.3, -0.25) is 4.79 Å². The maximum atomic E-state index is 12.8.